The number of carbonyl (C=O) groups excluding carboxylic acids is 5. The molecule has 5 amide bonds. The van der Waals surface area contributed by atoms with E-state index in [1.807, 2.05) is 30.9 Å². The summed E-state index contributed by atoms with van der Waals surface area (Å²) in [5.74, 6) is -1.31. The number of rotatable bonds is 7. The molecule has 0 saturated carbocycles. The van der Waals surface area contributed by atoms with E-state index >= 15 is 0 Å². The van der Waals surface area contributed by atoms with E-state index in [0.29, 0.717) is 44.0 Å². The third-order valence-electron chi connectivity index (χ3n) is 8.49. The number of nitrogens with zero attached hydrogens (tertiary/aromatic N) is 1. The first-order valence-electron chi connectivity index (χ1n) is 15.3. The molecule has 0 spiro atoms. The molecule has 1 aromatic carbocycles. The third-order valence-corrected chi connectivity index (χ3v) is 9.62. The Morgan fingerprint density at radius 1 is 1.11 bits per heavy atom. The van der Waals surface area contributed by atoms with Crippen LogP contribution in [0.3, 0.4) is 0 Å². The second-order valence-corrected chi connectivity index (χ2v) is 13.1. The number of aliphatic hydroxyl groups excluding tert-OH is 1. The summed E-state index contributed by atoms with van der Waals surface area (Å²) in [6.45, 7) is 4.77. The maximum atomic E-state index is 13.5. The second kappa shape index (κ2) is 15.6. The number of hydrogen-bond donors (Lipinski definition) is 6. The number of amides is 5. The van der Waals surface area contributed by atoms with Gasteiger partial charge in [0.05, 0.1) is 37.1 Å². The number of aliphatic hydroxyl groups is 1. The zero-order chi connectivity index (χ0) is 31.8. The molecule has 4 bridgehead atoms. The summed E-state index contributed by atoms with van der Waals surface area (Å²) in [5, 5.41) is 22.9. The predicted octanol–water partition coefficient (Wildman–Crippen LogP) is -0.598. The van der Waals surface area contributed by atoms with E-state index in [2.05, 4.69) is 21.3 Å². The molecule has 13 nitrogen and oxygen atoms in total. The van der Waals surface area contributed by atoms with Gasteiger partial charge in [-0.15, -0.1) is 11.8 Å². The Morgan fingerprint density at radius 2 is 1.86 bits per heavy atom. The van der Waals surface area contributed by atoms with Gasteiger partial charge in [0.1, 0.15) is 17.8 Å². The van der Waals surface area contributed by atoms with Crippen LogP contribution in [0.5, 0.6) is 5.75 Å². The lowest BCUT2D eigenvalue weighted by Gasteiger charge is -2.32. The zero-order valence-electron chi connectivity index (χ0n) is 25.3. The summed E-state index contributed by atoms with van der Waals surface area (Å²) in [4.78, 5) is 65.9. The predicted molar refractivity (Wildman–Crippen MR) is 164 cm³/mol. The van der Waals surface area contributed by atoms with Crippen molar-refractivity contribution >= 4 is 41.3 Å². The molecule has 242 valence electrons. The standard InChI is InChI=1S/C30H44N6O7S/c1-3-17(2)27-30(42)32-16-44-20-12-23(29(41)35-27)36(14-20)15-24(37)21-11-18-6-8-19(9-7-18)43-10-4-5-26(39)33-22(13-25(31)38)28(40)34-21/h6-9,17,20-24,27,37H,3-5,10-16H2,1-2H3,(H2,31,38)(H,32,42)(H,33,39)(H,34,40)(H,35,41). The summed E-state index contributed by atoms with van der Waals surface area (Å²) in [5.41, 5.74) is 6.21. The van der Waals surface area contributed by atoms with Crippen molar-refractivity contribution in [3.63, 3.8) is 0 Å². The fourth-order valence-electron chi connectivity index (χ4n) is 5.76. The van der Waals surface area contributed by atoms with Gasteiger partial charge in [0.2, 0.25) is 29.5 Å². The van der Waals surface area contributed by atoms with E-state index in [4.69, 9.17) is 10.5 Å². The number of likely N-dealkylation sites (tertiary alicyclic amines) is 1. The lowest BCUT2D eigenvalue weighted by Crippen LogP contribution is -2.57. The van der Waals surface area contributed by atoms with Gasteiger partial charge in [-0.2, -0.15) is 0 Å². The van der Waals surface area contributed by atoms with Crippen molar-refractivity contribution in [2.45, 2.75) is 87.9 Å². The highest BCUT2D eigenvalue weighted by Gasteiger charge is 2.41. The van der Waals surface area contributed by atoms with Gasteiger partial charge in [0.15, 0.2) is 0 Å². The lowest BCUT2D eigenvalue weighted by molar-refractivity contribution is -0.133. The molecule has 7 unspecified atom stereocenters. The van der Waals surface area contributed by atoms with E-state index in [1.165, 1.54) is 0 Å². The molecule has 0 radical (unpaired) electrons. The molecular formula is C30H44N6O7S. The lowest BCUT2D eigenvalue weighted by atomic mass is 9.97. The maximum Gasteiger partial charge on any atom is 0.243 e. The SMILES string of the molecule is CCC(C)C1NC(=O)C2CC(CN2CC(O)C2Cc3ccc(cc3)OCCCC(=O)NC(CC(N)=O)C(=O)N2)SCNC1=O. The van der Waals surface area contributed by atoms with Crippen LogP contribution in [0.1, 0.15) is 51.5 Å². The number of fused-ring (bicyclic) bond motifs is 14. The fraction of sp³-hybridized carbons (Fsp3) is 0.633. The van der Waals surface area contributed by atoms with Crippen molar-refractivity contribution in [1.82, 2.24) is 26.2 Å². The van der Waals surface area contributed by atoms with E-state index in [0.717, 1.165) is 5.56 Å². The third kappa shape index (κ3) is 9.08. The van der Waals surface area contributed by atoms with Crippen LogP contribution >= 0.6 is 11.8 Å². The number of carbonyl (C=O) groups is 5. The van der Waals surface area contributed by atoms with Crippen molar-refractivity contribution in [3.05, 3.63) is 29.8 Å². The summed E-state index contributed by atoms with van der Waals surface area (Å²) >= 11 is 1.57. The smallest absolute Gasteiger partial charge is 0.243 e. The van der Waals surface area contributed by atoms with Gasteiger partial charge in [-0.25, -0.2) is 0 Å². The van der Waals surface area contributed by atoms with Gasteiger partial charge in [-0.05, 0) is 42.9 Å². The minimum Gasteiger partial charge on any atom is -0.494 e. The van der Waals surface area contributed by atoms with Gasteiger partial charge < -0.3 is 36.8 Å². The van der Waals surface area contributed by atoms with E-state index in [-0.39, 0.29) is 42.4 Å². The number of β-amino-alcohol motifs (C(OH)–C–C–N with tert-alkyl or cyclic N) is 1. The van der Waals surface area contributed by atoms with Gasteiger partial charge in [-0.3, -0.25) is 28.9 Å². The molecule has 4 heterocycles. The molecule has 7 N–H and O–H groups in total. The van der Waals surface area contributed by atoms with Crippen molar-refractivity contribution in [3.8, 4) is 5.75 Å². The van der Waals surface area contributed by atoms with Crippen molar-refractivity contribution < 1.29 is 33.8 Å². The van der Waals surface area contributed by atoms with E-state index in [1.54, 1.807) is 23.9 Å². The molecule has 14 heteroatoms. The largest absolute Gasteiger partial charge is 0.494 e. The Balaban J connectivity index is 1.56. The monoisotopic (exact) mass is 632 g/mol. The van der Waals surface area contributed by atoms with E-state index < -0.39 is 54.4 Å². The van der Waals surface area contributed by atoms with Crippen molar-refractivity contribution in [1.29, 1.82) is 0 Å². The first-order chi connectivity index (χ1) is 21.0. The highest BCUT2D eigenvalue weighted by Crippen LogP contribution is 2.29. The molecule has 7 atom stereocenters. The Kier molecular flexibility index (Phi) is 11.9. The first kappa shape index (κ1) is 33.5. The minimum absolute atomic E-state index is 0.0589. The van der Waals surface area contributed by atoms with Crippen molar-refractivity contribution in [2.24, 2.45) is 11.7 Å². The Labute approximate surface area is 261 Å². The molecule has 0 aromatic heterocycles. The quantitative estimate of drug-likeness (QED) is 0.228. The first-order valence-corrected chi connectivity index (χ1v) is 16.3. The summed E-state index contributed by atoms with van der Waals surface area (Å²) in [7, 11) is 0. The normalized spacial score (nSPS) is 28.7. The molecule has 2 saturated heterocycles. The summed E-state index contributed by atoms with van der Waals surface area (Å²) in [6.07, 6.45) is 0.481. The van der Waals surface area contributed by atoms with Crippen LogP contribution < -0.4 is 31.7 Å². The number of thioether (sulfide) groups is 1. The highest BCUT2D eigenvalue weighted by atomic mass is 32.2. The van der Waals surface area contributed by atoms with Crippen LogP contribution in [0.2, 0.25) is 0 Å². The fourth-order valence-corrected chi connectivity index (χ4v) is 6.83. The topological polar surface area (TPSA) is 192 Å². The van der Waals surface area contributed by atoms with E-state index in [9.17, 15) is 29.1 Å². The molecule has 2 fully saturated rings. The number of primary amides is 1. The number of benzene rings is 1. The average Bonchev–Trinajstić information content (AvgIpc) is 3.38. The van der Waals surface area contributed by atoms with Crippen LogP contribution in [0.4, 0.5) is 0 Å². The zero-order valence-corrected chi connectivity index (χ0v) is 26.1. The van der Waals surface area contributed by atoms with Gasteiger partial charge in [0.25, 0.3) is 0 Å². The second-order valence-electron chi connectivity index (χ2n) is 11.8. The van der Waals surface area contributed by atoms with Gasteiger partial charge >= 0.3 is 0 Å². The molecular weight excluding hydrogens is 588 g/mol. The maximum absolute atomic E-state index is 13.5. The number of nitrogens with one attached hydrogen (secondary N) is 4. The minimum atomic E-state index is -1.21. The van der Waals surface area contributed by atoms with Crippen LogP contribution in [0, 0.1) is 5.92 Å². The molecule has 4 aliphatic heterocycles. The number of hydrogen-bond acceptors (Lipinski definition) is 9. The molecule has 0 aliphatic carbocycles. The number of nitrogens with two attached hydrogens (primary N) is 1. The van der Waals surface area contributed by atoms with Crippen LogP contribution in [-0.2, 0) is 30.4 Å². The van der Waals surface area contributed by atoms with Crippen LogP contribution in [-0.4, -0.2) is 101 Å². The average molecular weight is 633 g/mol. The molecule has 4 aliphatic rings. The molecule has 5 rings (SSSR count). The number of ether oxygens (including phenoxy) is 1. The van der Waals surface area contributed by atoms with Crippen LogP contribution in [0.25, 0.3) is 0 Å². The summed E-state index contributed by atoms with van der Waals surface area (Å²) in [6, 6.07) is 4.02. The van der Waals surface area contributed by atoms with Gasteiger partial charge in [0, 0.05) is 24.8 Å². The molecule has 1 aromatic rings. The van der Waals surface area contributed by atoms with Crippen LogP contribution in [0.15, 0.2) is 24.3 Å². The highest BCUT2D eigenvalue weighted by molar-refractivity contribution is 7.99. The van der Waals surface area contributed by atoms with Gasteiger partial charge in [-0.1, -0.05) is 32.4 Å². The van der Waals surface area contributed by atoms with Crippen molar-refractivity contribution in [2.75, 3.05) is 25.6 Å². The Bertz CT molecular complexity index is 1200. The molecule has 44 heavy (non-hydrogen) atoms. The Morgan fingerprint density at radius 3 is 2.57 bits per heavy atom. The summed E-state index contributed by atoms with van der Waals surface area (Å²) < 4.78 is 5.73. The Hall–Kier alpha value is -3.36.